The quantitative estimate of drug-likeness (QED) is 0.517. The molecule has 0 aromatic heterocycles. The number of nitrogens with zero attached hydrogens (tertiary/aromatic N) is 1. The van der Waals surface area contributed by atoms with Crippen LogP contribution in [0.4, 0.5) is 11.4 Å². The Morgan fingerprint density at radius 1 is 1.00 bits per heavy atom. The lowest BCUT2D eigenvalue weighted by molar-refractivity contribution is -0.126. The van der Waals surface area contributed by atoms with E-state index >= 15 is 0 Å². The standard InChI is InChI=1S/C27H33N3O6S/c1-18-8-11-22(12-9-18)30(19(2)27(33)29-20-6-4-3-5-7-20)26(32)16-37(34)15-25(31)28-21-10-13-23-24(14-21)36-17-35-23/h8-14,19-20H,3-7,15-17H2,1-2H3,(H,28,31)(H,29,33)/t19-,37+/m1/s1. The molecular weight excluding hydrogens is 494 g/mol. The Morgan fingerprint density at radius 2 is 1.70 bits per heavy atom. The second-order valence-corrected chi connectivity index (χ2v) is 10.9. The summed E-state index contributed by atoms with van der Waals surface area (Å²) in [6.07, 6.45) is 5.18. The van der Waals surface area contributed by atoms with Gasteiger partial charge in [-0.2, -0.15) is 0 Å². The number of anilines is 2. The van der Waals surface area contributed by atoms with Crippen molar-refractivity contribution in [1.29, 1.82) is 0 Å². The smallest absolute Gasteiger partial charge is 0.243 e. The number of hydrogen-bond acceptors (Lipinski definition) is 6. The number of fused-ring (bicyclic) bond motifs is 1. The first-order valence-electron chi connectivity index (χ1n) is 12.5. The van der Waals surface area contributed by atoms with Crippen molar-refractivity contribution in [3.05, 3.63) is 48.0 Å². The summed E-state index contributed by atoms with van der Waals surface area (Å²) in [6.45, 7) is 3.72. The van der Waals surface area contributed by atoms with E-state index in [0.717, 1.165) is 31.2 Å². The van der Waals surface area contributed by atoms with Gasteiger partial charge < -0.3 is 20.1 Å². The molecule has 2 aliphatic rings. The molecule has 0 bridgehead atoms. The Kier molecular flexibility index (Phi) is 8.81. The Hall–Kier alpha value is -3.40. The minimum atomic E-state index is -1.78. The summed E-state index contributed by atoms with van der Waals surface area (Å²) in [5.41, 5.74) is 2.04. The van der Waals surface area contributed by atoms with E-state index in [4.69, 9.17) is 9.47 Å². The number of aryl methyl sites for hydroxylation is 1. The molecule has 0 unspecified atom stereocenters. The van der Waals surface area contributed by atoms with E-state index in [0.29, 0.717) is 22.9 Å². The van der Waals surface area contributed by atoms with Gasteiger partial charge in [-0.3, -0.25) is 23.5 Å². The molecule has 37 heavy (non-hydrogen) atoms. The van der Waals surface area contributed by atoms with Gasteiger partial charge in [-0.1, -0.05) is 37.0 Å². The summed E-state index contributed by atoms with van der Waals surface area (Å²) in [5.74, 6) is -0.853. The topological polar surface area (TPSA) is 114 Å². The highest BCUT2D eigenvalue weighted by Crippen LogP contribution is 2.34. The fourth-order valence-electron chi connectivity index (χ4n) is 4.55. The van der Waals surface area contributed by atoms with Gasteiger partial charge in [-0.15, -0.1) is 0 Å². The van der Waals surface area contributed by atoms with Crippen LogP contribution in [0.3, 0.4) is 0 Å². The van der Waals surface area contributed by atoms with Crippen LogP contribution in [-0.4, -0.2) is 52.3 Å². The molecule has 0 spiro atoms. The van der Waals surface area contributed by atoms with Crippen LogP contribution in [0.1, 0.15) is 44.6 Å². The summed E-state index contributed by atoms with van der Waals surface area (Å²) in [6, 6.07) is 11.5. The number of carbonyl (C=O) groups is 3. The molecule has 9 nitrogen and oxygen atoms in total. The third-order valence-corrected chi connectivity index (χ3v) is 7.69. The van der Waals surface area contributed by atoms with E-state index < -0.39 is 28.7 Å². The van der Waals surface area contributed by atoms with Gasteiger partial charge in [-0.25, -0.2) is 0 Å². The van der Waals surface area contributed by atoms with Crippen LogP contribution >= 0.6 is 0 Å². The van der Waals surface area contributed by atoms with Crippen molar-refractivity contribution in [3.63, 3.8) is 0 Å². The number of rotatable bonds is 9. The van der Waals surface area contributed by atoms with Crippen molar-refractivity contribution < 1.29 is 28.1 Å². The molecule has 198 valence electrons. The van der Waals surface area contributed by atoms with Crippen molar-refractivity contribution in [2.75, 3.05) is 28.5 Å². The zero-order valence-electron chi connectivity index (χ0n) is 21.2. The monoisotopic (exact) mass is 527 g/mol. The second-order valence-electron chi connectivity index (χ2n) is 9.46. The van der Waals surface area contributed by atoms with E-state index in [9.17, 15) is 18.6 Å². The van der Waals surface area contributed by atoms with Crippen LogP contribution in [0.15, 0.2) is 42.5 Å². The molecule has 0 saturated heterocycles. The van der Waals surface area contributed by atoms with Gasteiger partial charge in [0, 0.05) is 34.3 Å². The molecule has 1 saturated carbocycles. The van der Waals surface area contributed by atoms with Crippen LogP contribution in [0.25, 0.3) is 0 Å². The number of benzene rings is 2. The predicted octanol–water partition coefficient (Wildman–Crippen LogP) is 3.28. The molecule has 4 rings (SSSR count). The summed E-state index contributed by atoms with van der Waals surface area (Å²) in [4.78, 5) is 40.3. The van der Waals surface area contributed by atoms with Crippen LogP contribution in [-0.2, 0) is 25.2 Å². The Morgan fingerprint density at radius 3 is 2.43 bits per heavy atom. The molecule has 2 aromatic carbocycles. The van der Waals surface area contributed by atoms with Gasteiger partial charge in [0.05, 0.1) is 0 Å². The number of nitrogens with one attached hydrogen (secondary N) is 2. The molecule has 1 aliphatic heterocycles. The minimum absolute atomic E-state index is 0.104. The Bertz CT molecular complexity index is 1160. The Balaban J connectivity index is 1.39. The first-order valence-corrected chi connectivity index (χ1v) is 14.0. The summed E-state index contributed by atoms with van der Waals surface area (Å²) in [7, 11) is -1.78. The zero-order chi connectivity index (χ0) is 26.4. The number of ether oxygens (including phenoxy) is 2. The molecule has 0 radical (unpaired) electrons. The van der Waals surface area contributed by atoms with E-state index in [1.54, 1.807) is 37.3 Å². The molecule has 3 amide bonds. The molecule has 1 heterocycles. The number of hydrogen-bond donors (Lipinski definition) is 2. The highest BCUT2D eigenvalue weighted by Gasteiger charge is 2.30. The molecule has 2 N–H and O–H groups in total. The van der Waals surface area contributed by atoms with Gasteiger partial charge in [0.25, 0.3) is 0 Å². The highest BCUT2D eigenvalue weighted by molar-refractivity contribution is 7.86. The van der Waals surface area contributed by atoms with Gasteiger partial charge in [0.1, 0.15) is 17.5 Å². The number of amides is 3. The maximum Gasteiger partial charge on any atom is 0.243 e. The van der Waals surface area contributed by atoms with Gasteiger partial charge >= 0.3 is 0 Å². The Labute approximate surface area is 219 Å². The third-order valence-electron chi connectivity index (χ3n) is 6.53. The van der Waals surface area contributed by atoms with Gasteiger partial charge in [-0.05, 0) is 51.0 Å². The van der Waals surface area contributed by atoms with Crippen molar-refractivity contribution in [1.82, 2.24) is 5.32 Å². The van der Waals surface area contributed by atoms with Gasteiger partial charge in [0.2, 0.25) is 24.5 Å². The average molecular weight is 528 g/mol. The maximum atomic E-state index is 13.3. The van der Waals surface area contributed by atoms with Crippen LogP contribution < -0.4 is 25.0 Å². The van der Waals surface area contributed by atoms with Crippen molar-refractivity contribution in [2.24, 2.45) is 0 Å². The second kappa shape index (κ2) is 12.2. The predicted molar refractivity (Wildman–Crippen MR) is 142 cm³/mol. The van der Waals surface area contributed by atoms with Crippen LogP contribution in [0, 0.1) is 6.92 Å². The van der Waals surface area contributed by atoms with E-state index in [2.05, 4.69) is 10.6 Å². The largest absolute Gasteiger partial charge is 0.454 e. The van der Waals surface area contributed by atoms with Crippen molar-refractivity contribution in [3.8, 4) is 11.5 Å². The lowest BCUT2D eigenvalue weighted by Gasteiger charge is -2.31. The summed E-state index contributed by atoms with van der Waals surface area (Å²) >= 11 is 0. The molecule has 2 aromatic rings. The van der Waals surface area contributed by atoms with Gasteiger partial charge in [0.15, 0.2) is 11.5 Å². The van der Waals surface area contributed by atoms with Crippen LogP contribution in [0.2, 0.25) is 0 Å². The first kappa shape index (κ1) is 26.7. The normalized spacial score (nSPS) is 16.5. The average Bonchev–Trinajstić information content (AvgIpc) is 3.33. The first-order chi connectivity index (χ1) is 17.8. The molecule has 1 aliphatic carbocycles. The molecule has 1 fully saturated rings. The zero-order valence-corrected chi connectivity index (χ0v) is 22.0. The van der Waals surface area contributed by atoms with Crippen LogP contribution in [0.5, 0.6) is 11.5 Å². The SMILES string of the molecule is Cc1ccc(N(C(=O)C[S@@](=O)CC(=O)Nc2ccc3c(c2)OCO3)[C@H](C)C(=O)NC2CCCCC2)cc1. The summed E-state index contributed by atoms with van der Waals surface area (Å²) in [5, 5.41) is 5.75. The highest BCUT2D eigenvalue weighted by atomic mass is 32.2. The number of carbonyl (C=O) groups excluding carboxylic acids is 3. The van der Waals surface area contributed by atoms with E-state index in [-0.39, 0.29) is 30.2 Å². The maximum absolute atomic E-state index is 13.3. The van der Waals surface area contributed by atoms with E-state index in [1.165, 1.54) is 11.3 Å². The lowest BCUT2D eigenvalue weighted by atomic mass is 9.95. The fraction of sp³-hybridized carbons (Fsp3) is 0.444. The molecule has 2 atom stereocenters. The fourth-order valence-corrected chi connectivity index (χ4v) is 5.43. The van der Waals surface area contributed by atoms with E-state index in [1.807, 2.05) is 19.1 Å². The summed E-state index contributed by atoms with van der Waals surface area (Å²) < 4.78 is 23.4. The minimum Gasteiger partial charge on any atom is -0.454 e. The lowest BCUT2D eigenvalue weighted by Crippen LogP contribution is -2.52. The van der Waals surface area contributed by atoms with Crippen molar-refractivity contribution in [2.45, 2.75) is 58.0 Å². The van der Waals surface area contributed by atoms with Crippen molar-refractivity contribution >= 4 is 39.9 Å². The molecular formula is C27H33N3O6S. The molecule has 10 heteroatoms. The third kappa shape index (κ3) is 7.09.